The maximum Gasteiger partial charge on any atom is 0.270 e. The summed E-state index contributed by atoms with van der Waals surface area (Å²) in [6, 6.07) is 0. The maximum atomic E-state index is 12.6. The van der Waals surface area contributed by atoms with Gasteiger partial charge in [0.25, 0.3) is 6.43 Å². The third-order valence-electron chi connectivity index (χ3n) is 1.61. The monoisotopic (exact) mass is 315 g/mol. The van der Waals surface area contributed by atoms with Crippen LogP contribution in [0.15, 0.2) is 6.20 Å². The minimum atomic E-state index is -2.63. The van der Waals surface area contributed by atoms with Gasteiger partial charge in [0.15, 0.2) is 5.75 Å². The first-order valence-electron chi connectivity index (χ1n) is 3.66. The van der Waals surface area contributed by atoms with Crippen molar-refractivity contribution in [3.63, 3.8) is 0 Å². The van der Waals surface area contributed by atoms with Crippen LogP contribution in [0, 0.1) is 3.57 Å². The van der Waals surface area contributed by atoms with Crippen molar-refractivity contribution >= 4 is 22.6 Å². The Labute approximate surface area is 93.6 Å². The Bertz CT molecular complexity index is 333. The average molecular weight is 315 g/mol. The highest BCUT2D eigenvalue weighted by Gasteiger charge is 2.21. The molecule has 3 nitrogen and oxygen atoms in total. The zero-order chi connectivity index (χ0) is 10.7. The van der Waals surface area contributed by atoms with Crippen molar-refractivity contribution in [3.8, 4) is 11.6 Å². The lowest BCUT2D eigenvalue weighted by molar-refractivity contribution is 0.144. The molecule has 6 heteroatoms. The SMILES string of the molecule is COc1cnc(OC)c(C(F)F)c1I. The van der Waals surface area contributed by atoms with Gasteiger partial charge in [-0.3, -0.25) is 0 Å². The molecule has 0 atom stereocenters. The first-order valence-corrected chi connectivity index (χ1v) is 4.74. The molecule has 1 aromatic rings. The van der Waals surface area contributed by atoms with Crippen LogP contribution in [0.3, 0.4) is 0 Å². The van der Waals surface area contributed by atoms with E-state index in [-0.39, 0.29) is 11.4 Å². The van der Waals surface area contributed by atoms with Gasteiger partial charge in [-0.15, -0.1) is 0 Å². The number of rotatable bonds is 3. The van der Waals surface area contributed by atoms with E-state index in [0.29, 0.717) is 9.32 Å². The molecule has 0 aliphatic heterocycles. The standard InChI is InChI=1S/C8H8F2INO2/c1-13-4-3-12-8(14-2)5(6(4)11)7(9)10/h3,7H,1-2H3. The minimum Gasteiger partial charge on any atom is -0.494 e. The Kier molecular flexibility index (Phi) is 3.85. The molecule has 0 aromatic carbocycles. The third-order valence-corrected chi connectivity index (χ3v) is 2.73. The lowest BCUT2D eigenvalue weighted by atomic mass is 10.2. The second-order valence-electron chi connectivity index (χ2n) is 2.36. The van der Waals surface area contributed by atoms with Gasteiger partial charge in [0.05, 0.1) is 29.6 Å². The van der Waals surface area contributed by atoms with Gasteiger partial charge in [-0.25, -0.2) is 13.8 Å². The molecule has 14 heavy (non-hydrogen) atoms. The highest BCUT2D eigenvalue weighted by atomic mass is 127. The van der Waals surface area contributed by atoms with E-state index in [0.717, 1.165) is 0 Å². The maximum absolute atomic E-state index is 12.6. The largest absolute Gasteiger partial charge is 0.494 e. The van der Waals surface area contributed by atoms with Gasteiger partial charge in [-0.2, -0.15) is 0 Å². The molecule has 0 saturated carbocycles. The van der Waals surface area contributed by atoms with Crippen molar-refractivity contribution in [3.05, 3.63) is 15.3 Å². The average Bonchev–Trinajstić information content (AvgIpc) is 2.16. The molecule has 0 aliphatic rings. The van der Waals surface area contributed by atoms with Crippen LogP contribution in [0.1, 0.15) is 12.0 Å². The smallest absolute Gasteiger partial charge is 0.270 e. The summed E-state index contributed by atoms with van der Waals surface area (Å²) in [7, 11) is 2.71. The van der Waals surface area contributed by atoms with Crippen LogP contribution in [-0.2, 0) is 0 Å². The molecule has 0 spiro atoms. The van der Waals surface area contributed by atoms with Crippen LogP contribution >= 0.6 is 22.6 Å². The second kappa shape index (κ2) is 4.72. The van der Waals surface area contributed by atoms with Crippen molar-refractivity contribution in [2.75, 3.05) is 14.2 Å². The number of pyridine rings is 1. The zero-order valence-corrected chi connectivity index (χ0v) is 9.71. The topological polar surface area (TPSA) is 31.4 Å². The molecule has 0 N–H and O–H groups in total. The predicted molar refractivity (Wildman–Crippen MR) is 55.0 cm³/mol. The van der Waals surface area contributed by atoms with Gasteiger partial charge in [-0.05, 0) is 22.6 Å². The Hall–Kier alpha value is -0.660. The fraction of sp³-hybridized carbons (Fsp3) is 0.375. The minimum absolute atomic E-state index is 0.0646. The molecule has 1 heterocycles. The first kappa shape index (κ1) is 11.4. The number of halogens is 3. The fourth-order valence-corrected chi connectivity index (χ4v) is 1.79. The lowest BCUT2D eigenvalue weighted by Crippen LogP contribution is -2.01. The molecular weight excluding hydrogens is 307 g/mol. The van der Waals surface area contributed by atoms with Crippen molar-refractivity contribution in [1.82, 2.24) is 4.98 Å². The normalized spacial score (nSPS) is 10.4. The van der Waals surface area contributed by atoms with Crippen molar-refractivity contribution in [2.45, 2.75) is 6.43 Å². The molecule has 0 aliphatic carbocycles. The Morgan fingerprint density at radius 2 is 2.00 bits per heavy atom. The van der Waals surface area contributed by atoms with Gasteiger partial charge < -0.3 is 9.47 Å². The molecular formula is C8H8F2INO2. The van der Waals surface area contributed by atoms with E-state index < -0.39 is 6.43 Å². The molecule has 0 amide bonds. The van der Waals surface area contributed by atoms with Gasteiger partial charge in [0, 0.05) is 0 Å². The molecule has 78 valence electrons. The molecule has 0 fully saturated rings. The van der Waals surface area contributed by atoms with E-state index >= 15 is 0 Å². The van der Waals surface area contributed by atoms with Crippen LogP contribution in [-0.4, -0.2) is 19.2 Å². The summed E-state index contributed by atoms with van der Waals surface area (Å²) >= 11 is 1.78. The molecule has 1 aromatic heterocycles. The molecule has 0 unspecified atom stereocenters. The summed E-state index contributed by atoms with van der Waals surface area (Å²) < 4.78 is 35.2. The van der Waals surface area contributed by atoms with Crippen molar-refractivity contribution in [2.24, 2.45) is 0 Å². The van der Waals surface area contributed by atoms with E-state index in [1.807, 2.05) is 0 Å². The number of hydrogen-bond donors (Lipinski definition) is 0. The Balaban J connectivity index is 3.31. The number of ether oxygens (including phenoxy) is 2. The Morgan fingerprint density at radius 3 is 2.43 bits per heavy atom. The number of aromatic nitrogens is 1. The van der Waals surface area contributed by atoms with Gasteiger partial charge in [0.2, 0.25) is 5.88 Å². The van der Waals surface area contributed by atoms with Crippen LogP contribution in [0.2, 0.25) is 0 Å². The van der Waals surface area contributed by atoms with Crippen LogP contribution in [0.4, 0.5) is 8.78 Å². The lowest BCUT2D eigenvalue weighted by Gasteiger charge is -2.11. The molecule has 0 saturated heterocycles. The Morgan fingerprint density at radius 1 is 1.36 bits per heavy atom. The molecule has 0 radical (unpaired) electrons. The van der Waals surface area contributed by atoms with E-state index in [1.54, 1.807) is 22.6 Å². The number of methoxy groups -OCH3 is 2. The van der Waals surface area contributed by atoms with E-state index in [1.165, 1.54) is 20.4 Å². The number of nitrogens with zero attached hydrogens (tertiary/aromatic N) is 1. The summed E-state index contributed by atoms with van der Waals surface area (Å²) in [5.74, 6) is 0.256. The predicted octanol–water partition coefficient (Wildman–Crippen LogP) is 2.64. The summed E-state index contributed by atoms with van der Waals surface area (Å²) in [6.07, 6.45) is -1.27. The van der Waals surface area contributed by atoms with Gasteiger partial charge in [-0.1, -0.05) is 0 Å². The fourth-order valence-electron chi connectivity index (χ4n) is 0.964. The third kappa shape index (κ3) is 2.05. The van der Waals surface area contributed by atoms with E-state index in [9.17, 15) is 8.78 Å². The molecule has 1 rings (SSSR count). The number of alkyl halides is 2. The van der Waals surface area contributed by atoms with Crippen LogP contribution in [0.5, 0.6) is 11.6 Å². The highest BCUT2D eigenvalue weighted by Crippen LogP contribution is 2.36. The first-order chi connectivity index (χ1) is 6.61. The van der Waals surface area contributed by atoms with Crippen molar-refractivity contribution < 1.29 is 18.3 Å². The van der Waals surface area contributed by atoms with E-state index in [2.05, 4.69) is 4.98 Å². The van der Waals surface area contributed by atoms with Crippen molar-refractivity contribution in [1.29, 1.82) is 0 Å². The van der Waals surface area contributed by atoms with Gasteiger partial charge in [0.1, 0.15) is 0 Å². The summed E-state index contributed by atoms with van der Waals surface area (Å²) in [6.45, 7) is 0. The summed E-state index contributed by atoms with van der Waals surface area (Å²) in [5, 5.41) is 0. The zero-order valence-electron chi connectivity index (χ0n) is 7.55. The summed E-state index contributed by atoms with van der Waals surface area (Å²) in [4.78, 5) is 3.72. The van der Waals surface area contributed by atoms with Gasteiger partial charge >= 0.3 is 0 Å². The second-order valence-corrected chi connectivity index (χ2v) is 3.44. The quantitative estimate of drug-likeness (QED) is 0.804. The summed E-state index contributed by atoms with van der Waals surface area (Å²) in [5.41, 5.74) is -0.229. The van der Waals surface area contributed by atoms with Crippen LogP contribution in [0.25, 0.3) is 0 Å². The van der Waals surface area contributed by atoms with E-state index in [4.69, 9.17) is 9.47 Å². The molecule has 0 bridgehead atoms. The van der Waals surface area contributed by atoms with Crippen LogP contribution < -0.4 is 9.47 Å². The highest BCUT2D eigenvalue weighted by molar-refractivity contribution is 14.1. The number of hydrogen-bond acceptors (Lipinski definition) is 3.